The number of fused-ring (bicyclic) bond motifs is 2. The van der Waals surface area contributed by atoms with E-state index in [0.29, 0.717) is 19.8 Å². The molecule has 0 saturated heterocycles. The zero-order chi connectivity index (χ0) is 22.0. The molecule has 3 aromatic rings. The van der Waals surface area contributed by atoms with Gasteiger partial charge >= 0.3 is 0 Å². The number of methoxy groups -OCH3 is 3. The third-order valence-corrected chi connectivity index (χ3v) is 6.07. The highest BCUT2D eigenvalue weighted by Crippen LogP contribution is 2.40. The van der Waals surface area contributed by atoms with Crippen LogP contribution in [0.1, 0.15) is 41.0 Å². The highest BCUT2D eigenvalue weighted by atomic mass is 79.9. The minimum Gasteiger partial charge on any atom is -0.385 e. The molecule has 2 unspecified atom stereocenters. The maximum absolute atomic E-state index is 5.44. The highest BCUT2D eigenvalue weighted by molar-refractivity contribution is 9.10. The summed E-state index contributed by atoms with van der Waals surface area (Å²) in [6.07, 6.45) is 1.62. The SMILES string of the molecule is COCCC(COC)n1nnc2c(C3Cc4cc(Br)cc(COC)c4N3)nc(C)cc21. The van der Waals surface area contributed by atoms with Crippen molar-refractivity contribution in [2.24, 2.45) is 0 Å². The van der Waals surface area contributed by atoms with Crippen LogP contribution >= 0.6 is 15.9 Å². The number of rotatable bonds is 9. The molecule has 1 N–H and O–H groups in total. The van der Waals surface area contributed by atoms with Gasteiger partial charge in [-0.2, -0.15) is 0 Å². The van der Waals surface area contributed by atoms with Gasteiger partial charge in [-0.15, -0.1) is 5.10 Å². The van der Waals surface area contributed by atoms with E-state index in [-0.39, 0.29) is 12.1 Å². The lowest BCUT2D eigenvalue weighted by molar-refractivity contribution is 0.117. The number of aryl methyl sites for hydroxylation is 1. The van der Waals surface area contributed by atoms with Crippen molar-refractivity contribution in [3.05, 3.63) is 45.2 Å². The minimum atomic E-state index is 0.0207. The van der Waals surface area contributed by atoms with E-state index in [1.54, 1.807) is 21.3 Å². The summed E-state index contributed by atoms with van der Waals surface area (Å²) >= 11 is 3.62. The number of anilines is 1. The molecule has 0 radical (unpaired) electrons. The van der Waals surface area contributed by atoms with E-state index in [9.17, 15) is 0 Å². The Hall–Kier alpha value is -2.07. The number of halogens is 1. The van der Waals surface area contributed by atoms with E-state index in [0.717, 1.165) is 51.0 Å². The number of benzene rings is 1. The number of hydrogen-bond donors (Lipinski definition) is 1. The standard InChI is InChI=1S/C22H28BrN5O3/c1-13-7-19-22(26-27-28(19)17(12-31-4)5-6-29-2)21(24-13)18-10-14-8-16(23)9-15(11-30-3)20(14)25-18/h7-9,17-18,25H,5-6,10-12H2,1-4H3. The summed E-state index contributed by atoms with van der Waals surface area (Å²) in [7, 11) is 5.12. The molecular weight excluding hydrogens is 462 g/mol. The average molecular weight is 490 g/mol. The third-order valence-electron chi connectivity index (χ3n) is 5.61. The Morgan fingerprint density at radius 3 is 2.77 bits per heavy atom. The van der Waals surface area contributed by atoms with Crippen LogP contribution in [0.25, 0.3) is 11.0 Å². The summed E-state index contributed by atoms with van der Waals surface area (Å²) in [5.74, 6) is 0. The molecule has 1 aliphatic rings. The molecule has 31 heavy (non-hydrogen) atoms. The fourth-order valence-corrected chi connectivity index (χ4v) is 4.83. The van der Waals surface area contributed by atoms with Gasteiger partial charge in [-0.3, -0.25) is 4.98 Å². The Morgan fingerprint density at radius 2 is 2.03 bits per heavy atom. The molecule has 0 amide bonds. The summed E-state index contributed by atoms with van der Waals surface area (Å²) in [6.45, 7) is 3.73. The van der Waals surface area contributed by atoms with Gasteiger partial charge in [0.2, 0.25) is 0 Å². The average Bonchev–Trinajstić information content (AvgIpc) is 3.35. The van der Waals surface area contributed by atoms with Gasteiger partial charge in [0.05, 0.1) is 36.5 Å². The van der Waals surface area contributed by atoms with Gasteiger partial charge in [0.1, 0.15) is 5.52 Å². The second-order valence-corrected chi connectivity index (χ2v) is 8.79. The predicted octanol–water partition coefficient (Wildman–Crippen LogP) is 3.98. The lowest BCUT2D eigenvalue weighted by atomic mass is 10.0. The number of ether oxygens (including phenoxy) is 3. The predicted molar refractivity (Wildman–Crippen MR) is 122 cm³/mol. The van der Waals surface area contributed by atoms with Crippen molar-refractivity contribution in [3.63, 3.8) is 0 Å². The molecule has 9 heteroatoms. The van der Waals surface area contributed by atoms with Crippen LogP contribution in [0, 0.1) is 6.92 Å². The number of pyridine rings is 1. The van der Waals surface area contributed by atoms with Gasteiger partial charge in [-0.25, -0.2) is 4.68 Å². The maximum Gasteiger partial charge on any atom is 0.136 e. The van der Waals surface area contributed by atoms with E-state index >= 15 is 0 Å². The van der Waals surface area contributed by atoms with Gasteiger partial charge in [0.25, 0.3) is 0 Å². The Balaban J connectivity index is 1.72. The van der Waals surface area contributed by atoms with Crippen molar-refractivity contribution < 1.29 is 14.2 Å². The molecule has 0 fully saturated rings. The van der Waals surface area contributed by atoms with Crippen LogP contribution in [0.3, 0.4) is 0 Å². The van der Waals surface area contributed by atoms with Crippen LogP contribution in [-0.2, 0) is 27.2 Å². The van der Waals surface area contributed by atoms with Crippen molar-refractivity contribution in [1.29, 1.82) is 0 Å². The molecule has 2 aromatic heterocycles. The molecule has 166 valence electrons. The van der Waals surface area contributed by atoms with E-state index in [1.807, 2.05) is 17.7 Å². The first-order chi connectivity index (χ1) is 15.0. The molecular formula is C22H28BrN5O3. The molecule has 0 spiro atoms. The zero-order valence-electron chi connectivity index (χ0n) is 18.3. The first-order valence-corrected chi connectivity index (χ1v) is 11.1. The monoisotopic (exact) mass is 489 g/mol. The van der Waals surface area contributed by atoms with Crippen molar-refractivity contribution in [1.82, 2.24) is 20.0 Å². The van der Waals surface area contributed by atoms with Crippen molar-refractivity contribution in [3.8, 4) is 0 Å². The lowest BCUT2D eigenvalue weighted by Gasteiger charge is -2.17. The van der Waals surface area contributed by atoms with Gasteiger partial charge in [0, 0.05) is 55.8 Å². The molecule has 0 saturated carbocycles. The fourth-order valence-electron chi connectivity index (χ4n) is 4.28. The Kier molecular flexibility index (Phi) is 6.86. The summed E-state index contributed by atoms with van der Waals surface area (Å²) in [5.41, 5.74) is 7.13. The molecule has 2 atom stereocenters. The van der Waals surface area contributed by atoms with Crippen LogP contribution in [0.15, 0.2) is 22.7 Å². The third kappa shape index (κ3) is 4.45. The Labute approximate surface area is 190 Å². The highest BCUT2D eigenvalue weighted by Gasteiger charge is 2.29. The van der Waals surface area contributed by atoms with Gasteiger partial charge in [-0.05, 0) is 37.1 Å². The topological polar surface area (TPSA) is 83.3 Å². The van der Waals surface area contributed by atoms with E-state index in [2.05, 4.69) is 43.7 Å². The summed E-state index contributed by atoms with van der Waals surface area (Å²) < 4.78 is 19.1. The number of nitrogens with zero attached hydrogens (tertiary/aromatic N) is 4. The van der Waals surface area contributed by atoms with Crippen molar-refractivity contribution in [2.45, 2.75) is 38.5 Å². The minimum absolute atomic E-state index is 0.0207. The van der Waals surface area contributed by atoms with Crippen LogP contribution in [0.5, 0.6) is 0 Å². The maximum atomic E-state index is 5.44. The zero-order valence-corrected chi connectivity index (χ0v) is 19.9. The quantitative estimate of drug-likeness (QED) is 0.486. The van der Waals surface area contributed by atoms with Crippen LogP contribution < -0.4 is 5.32 Å². The largest absolute Gasteiger partial charge is 0.385 e. The van der Waals surface area contributed by atoms with Crippen molar-refractivity contribution >= 4 is 32.7 Å². The smallest absolute Gasteiger partial charge is 0.136 e. The number of hydrogen-bond acceptors (Lipinski definition) is 7. The molecule has 0 aliphatic carbocycles. The Morgan fingerprint density at radius 1 is 1.19 bits per heavy atom. The second-order valence-electron chi connectivity index (χ2n) is 7.87. The summed E-state index contributed by atoms with van der Waals surface area (Å²) in [5, 5.41) is 12.7. The fraction of sp³-hybridized carbons (Fsp3) is 0.500. The number of nitrogens with one attached hydrogen (secondary N) is 1. The van der Waals surface area contributed by atoms with E-state index < -0.39 is 0 Å². The van der Waals surface area contributed by atoms with E-state index in [4.69, 9.17) is 19.2 Å². The van der Waals surface area contributed by atoms with Gasteiger partial charge < -0.3 is 19.5 Å². The van der Waals surface area contributed by atoms with Gasteiger partial charge in [0.15, 0.2) is 0 Å². The van der Waals surface area contributed by atoms with Crippen LogP contribution in [-0.4, -0.2) is 54.5 Å². The second kappa shape index (κ2) is 9.60. The molecule has 1 aromatic carbocycles. The Bertz CT molecular complexity index is 1070. The summed E-state index contributed by atoms with van der Waals surface area (Å²) in [6, 6.07) is 6.36. The molecule has 8 nitrogen and oxygen atoms in total. The summed E-state index contributed by atoms with van der Waals surface area (Å²) in [4.78, 5) is 4.87. The van der Waals surface area contributed by atoms with Crippen LogP contribution in [0.2, 0.25) is 0 Å². The van der Waals surface area contributed by atoms with Crippen LogP contribution in [0.4, 0.5) is 5.69 Å². The normalized spacial score (nSPS) is 16.5. The lowest BCUT2D eigenvalue weighted by Crippen LogP contribution is -2.18. The molecule has 4 rings (SSSR count). The molecule has 1 aliphatic heterocycles. The molecule has 3 heterocycles. The van der Waals surface area contributed by atoms with Crippen molar-refractivity contribution in [2.75, 3.05) is 39.9 Å². The molecule has 0 bridgehead atoms. The first kappa shape index (κ1) is 22.1. The first-order valence-electron chi connectivity index (χ1n) is 10.3. The van der Waals surface area contributed by atoms with Gasteiger partial charge in [-0.1, -0.05) is 21.1 Å². The number of aromatic nitrogens is 4. The van der Waals surface area contributed by atoms with E-state index in [1.165, 1.54) is 5.56 Å².